The van der Waals surface area contributed by atoms with E-state index >= 15 is 0 Å². The van der Waals surface area contributed by atoms with Crippen LogP contribution in [0.3, 0.4) is 0 Å². The molecule has 0 aromatic heterocycles. The fourth-order valence-electron chi connectivity index (χ4n) is 3.07. The Labute approximate surface area is 191 Å². The van der Waals surface area contributed by atoms with Crippen molar-refractivity contribution >= 4 is 44.9 Å². The maximum absolute atomic E-state index is 13.4. The molecular formula is C24H17BrFNO3S. The van der Waals surface area contributed by atoms with Crippen LogP contribution in [-0.2, 0) is 17.9 Å². The van der Waals surface area contributed by atoms with Gasteiger partial charge in [0.25, 0.3) is 11.1 Å². The highest BCUT2D eigenvalue weighted by Crippen LogP contribution is 2.35. The molecule has 3 aromatic carbocycles. The van der Waals surface area contributed by atoms with E-state index in [2.05, 4.69) is 15.9 Å². The van der Waals surface area contributed by atoms with E-state index in [0.29, 0.717) is 21.8 Å². The molecule has 0 unspecified atom stereocenters. The quantitative estimate of drug-likeness (QED) is 0.369. The molecule has 0 radical (unpaired) electrons. The molecule has 0 aliphatic carbocycles. The molecule has 1 heterocycles. The summed E-state index contributed by atoms with van der Waals surface area (Å²) in [7, 11) is 0. The van der Waals surface area contributed by atoms with E-state index in [1.54, 1.807) is 24.3 Å². The van der Waals surface area contributed by atoms with Gasteiger partial charge in [0.15, 0.2) is 0 Å². The highest BCUT2D eigenvalue weighted by Gasteiger charge is 2.35. The van der Waals surface area contributed by atoms with E-state index in [0.717, 1.165) is 21.8 Å². The Kier molecular flexibility index (Phi) is 6.53. The van der Waals surface area contributed by atoms with Crippen LogP contribution in [-0.4, -0.2) is 16.0 Å². The molecule has 0 N–H and O–H groups in total. The van der Waals surface area contributed by atoms with Gasteiger partial charge in [-0.3, -0.25) is 14.5 Å². The molecule has 0 bridgehead atoms. The molecule has 0 atom stereocenters. The van der Waals surface area contributed by atoms with Crippen molar-refractivity contribution in [3.63, 3.8) is 0 Å². The lowest BCUT2D eigenvalue weighted by Gasteiger charge is -2.12. The van der Waals surface area contributed by atoms with Crippen LogP contribution >= 0.6 is 27.7 Å². The molecule has 1 fully saturated rings. The first kappa shape index (κ1) is 21.3. The van der Waals surface area contributed by atoms with E-state index < -0.39 is 0 Å². The monoisotopic (exact) mass is 497 g/mol. The van der Waals surface area contributed by atoms with Gasteiger partial charge in [-0.05, 0) is 59.3 Å². The molecule has 1 saturated heterocycles. The van der Waals surface area contributed by atoms with Crippen LogP contribution in [0, 0.1) is 5.82 Å². The standard InChI is InChI=1S/C24H17BrFNO3S/c25-19-10-8-16(9-11-19)14-27-23(28)22(31-24(27)29)13-18-5-1-2-7-21(18)30-15-17-4-3-6-20(26)12-17/h1-13H,14-15H2/b22-13-. The molecule has 4 rings (SSSR count). The van der Waals surface area contributed by atoms with Crippen LogP contribution in [0.1, 0.15) is 16.7 Å². The lowest BCUT2D eigenvalue weighted by Crippen LogP contribution is -2.27. The van der Waals surface area contributed by atoms with E-state index in [9.17, 15) is 14.0 Å². The summed E-state index contributed by atoms with van der Waals surface area (Å²) in [6.07, 6.45) is 1.66. The molecule has 2 amide bonds. The van der Waals surface area contributed by atoms with Gasteiger partial charge < -0.3 is 4.74 Å². The Morgan fingerprint density at radius 3 is 2.52 bits per heavy atom. The molecule has 31 heavy (non-hydrogen) atoms. The molecule has 1 aliphatic rings. The molecule has 0 spiro atoms. The van der Waals surface area contributed by atoms with E-state index in [1.165, 1.54) is 17.0 Å². The van der Waals surface area contributed by atoms with E-state index in [1.807, 2.05) is 42.5 Å². The van der Waals surface area contributed by atoms with Crippen LogP contribution < -0.4 is 4.74 Å². The topological polar surface area (TPSA) is 46.6 Å². The predicted octanol–water partition coefficient (Wildman–Crippen LogP) is 6.40. The van der Waals surface area contributed by atoms with Crippen molar-refractivity contribution in [2.24, 2.45) is 0 Å². The van der Waals surface area contributed by atoms with Gasteiger partial charge >= 0.3 is 0 Å². The Hall–Kier alpha value is -2.90. The van der Waals surface area contributed by atoms with Crippen molar-refractivity contribution in [2.45, 2.75) is 13.2 Å². The molecule has 1 aliphatic heterocycles. The Bertz CT molecular complexity index is 1160. The summed E-state index contributed by atoms with van der Waals surface area (Å²) in [5.74, 6) is -0.113. The highest BCUT2D eigenvalue weighted by atomic mass is 79.9. The molecule has 3 aromatic rings. The SMILES string of the molecule is O=C1S/C(=C\c2ccccc2OCc2cccc(F)c2)C(=O)N1Cc1ccc(Br)cc1. The number of nitrogens with zero attached hydrogens (tertiary/aromatic N) is 1. The van der Waals surface area contributed by atoms with Gasteiger partial charge in [0.2, 0.25) is 0 Å². The minimum absolute atomic E-state index is 0.188. The number of carbonyl (C=O) groups excluding carboxylic acids is 2. The molecule has 0 saturated carbocycles. The predicted molar refractivity (Wildman–Crippen MR) is 123 cm³/mol. The van der Waals surface area contributed by atoms with E-state index in [4.69, 9.17) is 4.74 Å². The van der Waals surface area contributed by atoms with Crippen LogP contribution in [0.25, 0.3) is 6.08 Å². The van der Waals surface area contributed by atoms with Crippen LogP contribution in [0.5, 0.6) is 5.75 Å². The third-order valence-electron chi connectivity index (χ3n) is 4.62. The smallest absolute Gasteiger partial charge is 0.293 e. The van der Waals surface area contributed by atoms with Gasteiger partial charge in [0.1, 0.15) is 18.2 Å². The van der Waals surface area contributed by atoms with Gasteiger partial charge in [-0.2, -0.15) is 0 Å². The minimum Gasteiger partial charge on any atom is -0.488 e. The van der Waals surface area contributed by atoms with Crippen molar-refractivity contribution in [2.75, 3.05) is 0 Å². The van der Waals surface area contributed by atoms with Crippen molar-refractivity contribution in [3.8, 4) is 5.75 Å². The Morgan fingerprint density at radius 1 is 0.968 bits per heavy atom. The number of imide groups is 1. The third kappa shape index (κ3) is 5.24. The second-order valence-corrected chi connectivity index (χ2v) is 8.76. The van der Waals surface area contributed by atoms with Crippen molar-refractivity contribution < 1.29 is 18.7 Å². The lowest BCUT2D eigenvalue weighted by molar-refractivity contribution is -0.123. The lowest BCUT2D eigenvalue weighted by atomic mass is 10.1. The van der Waals surface area contributed by atoms with Gasteiger partial charge in [-0.15, -0.1) is 0 Å². The summed E-state index contributed by atoms with van der Waals surface area (Å²) >= 11 is 4.28. The second kappa shape index (κ2) is 9.49. The number of amides is 2. The number of rotatable bonds is 6. The van der Waals surface area contributed by atoms with Crippen molar-refractivity contribution in [1.82, 2.24) is 4.90 Å². The third-order valence-corrected chi connectivity index (χ3v) is 6.05. The van der Waals surface area contributed by atoms with Crippen molar-refractivity contribution in [3.05, 3.63) is 105 Å². The molecule has 4 nitrogen and oxygen atoms in total. The summed E-state index contributed by atoms with van der Waals surface area (Å²) < 4.78 is 20.2. The fourth-order valence-corrected chi connectivity index (χ4v) is 4.16. The average molecular weight is 498 g/mol. The minimum atomic E-state index is -0.335. The van der Waals surface area contributed by atoms with Crippen LogP contribution in [0.15, 0.2) is 82.2 Å². The number of benzene rings is 3. The second-order valence-electron chi connectivity index (χ2n) is 6.85. The first-order valence-corrected chi connectivity index (χ1v) is 11.1. The van der Waals surface area contributed by atoms with Crippen LogP contribution in [0.2, 0.25) is 0 Å². The highest BCUT2D eigenvalue weighted by molar-refractivity contribution is 9.10. The Morgan fingerprint density at radius 2 is 1.74 bits per heavy atom. The number of hydrogen-bond donors (Lipinski definition) is 0. The summed E-state index contributed by atoms with van der Waals surface area (Å²) in [4.78, 5) is 26.8. The summed E-state index contributed by atoms with van der Waals surface area (Å²) in [5, 5.41) is -0.308. The van der Waals surface area contributed by atoms with Gasteiger partial charge in [0.05, 0.1) is 11.4 Å². The zero-order valence-electron chi connectivity index (χ0n) is 16.3. The average Bonchev–Trinajstić information content (AvgIpc) is 3.02. The Balaban J connectivity index is 1.51. The fraction of sp³-hybridized carbons (Fsp3) is 0.0833. The summed E-state index contributed by atoms with van der Waals surface area (Å²) in [6, 6.07) is 20.9. The number of thioether (sulfide) groups is 1. The summed E-state index contributed by atoms with van der Waals surface area (Å²) in [6.45, 7) is 0.403. The molecule has 156 valence electrons. The number of ether oxygens (including phenoxy) is 1. The number of halogens is 2. The first-order chi connectivity index (χ1) is 15.0. The number of para-hydroxylation sites is 1. The zero-order valence-corrected chi connectivity index (χ0v) is 18.7. The first-order valence-electron chi connectivity index (χ1n) is 9.46. The largest absolute Gasteiger partial charge is 0.488 e. The zero-order chi connectivity index (χ0) is 21.8. The number of carbonyl (C=O) groups is 2. The van der Waals surface area contributed by atoms with Crippen molar-refractivity contribution in [1.29, 1.82) is 0 Å². The number of hydrogen-bond acceptors (Lipinski definition) is 4. The van der Waals surface area contributed by atoms with Crippen LogP contribution in [0.4, 0.5) is 9.18 Å². The molecule has 7 heteroatoms. The maximum atomic E-state index is 13.4. The van der Waals surface area contributed by atoms with E-state index in [-0.39, 0.29) is 30.1 Å². The van der Waals surface area contributed by atoms with Gasteiger partial charge in [-0.1, -0.05) is 58.4 Å². The van der Waals surface area contributed by atoms with Gasteiger partial charge in [-0.25, -0.2) is 4.39 Å². The maximum Gasteiger partial charge on any atom is 0.293 e. The van der Waals surface area contributed by atoms with Gasteiger partial charge in [0, 0.05) is 10.0 Å². The molecular weight excluding hydrogens is 481 g/mol. The summed E-state index contributed by atoms with van der Waals surface area (Å²) in [5.41, 5.74) is 2.24. The normalized spacial score (nSPS) is 15.0.